The molecule has 110 valence electrons. The van der Waals surface area contributed by atoms with Crippen LogP contribution in [0.15, 0.2) is 54.6 Å². The van der Waals surface area contributed by atoms with Crippen LogP contribution in [0.5, 0.6) is 0 Å². The third-order valence-electron chi connectivity index (χ3n) is 3.42. The Morgan fingerprint density at radius 2 is 1.67 bits per heavy atom. The van der Waals surface area contributed by atoms with Gasteiger partial charge in [-0.3, -0.25) is 0 Å². The first-order chi connectivity index (χ1) is 10.2. The van der Waals surface area contributed by atoms with Gasteiger partial charge in [-0.1, -0.05) is 61.5 Å². The lowest BCUT2D eigenvalue weighted by Crippen LogP contribution is -2.24. The molecule has 0 aliphatic carbocycles. The van der Waals surface area contributed by atoms with Gasteiger partial charge in [-0.2, -0.15) is 0 Å². The summed E-state index contributed by atoms with van der Waals surface area (Å²) in [5, 5.41) is 2.78. The minimum Gasteiger partial charge on any atom is -0.442 e. The van der Waals surface area contributed by atoms with E-state index in [0.29, 0.717) is 6.54 Å². The first kappa shape index (κ1) is 15.1. The summed E-state index contributed by atoms with van der Waals surface area (Å²) < 4.78 is 5.35. The molecule has 0 spiro atoms. The highest BCUT2D eigenvalue weighted by Crippen LogP contribution is 2.15. The number of hydrogen-bond donors (Lipinski definition) is 1. The van der Waals surface area contributed by atoms with E-state index in [1.54, 1.807) is 0 Å². The smallest absolute Gasteiger partial charge is 0.408 e. The first-order valence-electron chi connectivity index (χ1n) is 7.26. The Bertz CT molecular complexity index is 564. The molecule has 1 atom stereocenters. The predicted octanol–water partition coefficient (Wildman–Crippen LogP) is 4.24. The van der Waals surface area contributed by atoms with E-state index in [1.807, 2.05) is 49.4 Å². The number of rotatable bonds is 5. The van der Waals surface area contributed by atoms with Crippen molar-refractivity contribution in [3.8, 4) is 0 Å². The van der Waals surface area contributed by atoms with Crippen LogP contribution in [0.25, 0.3) is 0 Å². The molecule has 3 heteroatoms. The van der Waals surface area contributed by atoms with Crippen molar-refractivity contribution < 1.29 is 9.53 Å². The molecule has 2 aromatic carbocycles. The fourth-order valence-corrected chi connectivity index (χ4v) is 2.06. The SMILES string of the molecule is CCc1ccc(CNC(=O)OC(C)c2ccccc2)cc1. The average molecular weight is 283 g/mol. The summed E-state index contributed by atoms with van der Waals surface area (Å²) >= 11 is 0. The minimum absolute atomic E-state index is 0.256. The number of carbonyl (C=O) groups is 1. The number of aryl methyl sites for hydroxylation is 1. The van der Waals surface area contributed by atoms with Crippen LogP contribution in [0.2, 0.25) is 0 Å². The van der Waals surface area contributed by atoms with E-state index in [4.69, 9.17) is 4.74 Å². The summed E-state index contributed by atoms with van der Waals surface area (Å²) in [6, 6.07) is 17.9. The molecule has 1 unspecified atom stereocenters. The zero-order valence-electron chi connectivity index (χ0n) is 12.5. The summed E-state index contributed by atoms with van der Waals surface area (Å²) in [6.45, 7) is 4.46. The predicted molar refractivity (Wildman–Crippen MR) is 84.0 cm³/mol. The number of ether oxygens (including phenoxy) is 1. The lowest BCUT2D eigenvalue weighted by molar-refractivity contribution is 0.106. The minimum atomic E-state index is -0.397. The van der Waals surface area contributed by atoms with E-state index < -0.39 is 6.09 Å². The Balaban J connectivity index is 1.81. The Kier molecular flexibility index (Phi) is 5.38. The van der Waals surface area contributed by atoms with Gasteiger partial charge in [0, 0.05) is 6.54 Å². The molecule has 0 aliphatic rings. The molecule has 21 heavy (non-hydrogen) atoms. The molecule has 0 heterocycles. The molecule has 0 aromatic heterocycles. The fourth-order valence-electron chi connectivity index (χ4n) is 2.06. The number of nitrogens with one attached hydrogen (secondary N) is 1. The second-order valence-corrected chi connectivity index (χ2v) is 4.98. The van der Waals surface area contributed by atoms with Crippen LogP contribution in [0.4, 0.5) is 4.79 Å². The Hall–Kier alpha value is -2.29. The molecule has 2 rings (SSSR count). The van der Waals surface area contributed by atoms with Gasteiger partial charge in [-0.25, -0.2) is 4.79 Å². The highest BCUT2D eigenvalue weighted by atomic mass is 16.6. The summed E-state index contributed by atoms with van der Waals surface area (Å²) in [6.07, 6.45) is 0.365. The van der Waals surface area contributed by atoms with Crippen molar-refractivity contribution in [3.63, 3.8) is 0 Å². The van der Waals surface area contributed by atoms with Crippen LogP contribution in [-0.4, -0.2) is 6.09 Å². The lowest BCUT2D eigenvalue weighted by Gasteiger charge is -2.14. The fraction of sp³-hybridized carbons (Fsp3) is 0.278. The van der Waals surface area contributed by atoms with Crippen molar-refractivity contribution in [2.45, 2.75) is 32.9 Å². The quantitative estimate of drug-likeness (QED) is 0.891. The van der Waals surface area contributed by atoms with E-state index >= 15 is 0 Å². The molecule has 3 nitrogen and oxygen atoms in total. The summed E-state index contributed by atoms with van der Waals surface area (Å²) in [5.74, 6) is 0. The normalized spacial score (nSPS) is 11.7. The van der Waals surface area contributed by atoms with Gasteiger partial charge in [0.15, 0.2) is 0 Å². The average Bonchev–Trinajstić information content (AvgIpc) is 2.54. The van der Waals surface area contributed by atoms with Gasteiger partial charge in [0.25, 0.3) is 0 Å². The van der Waals surface area contributed by atoms with Crippen molar-refractivity contribution in [1.82, 2.24) is 5.32 Å². The van der Waals surface area contributed by atoms with E-state index in [2.05, 4.69) is 24.4 Å². The van der Waals surface area contributed by atoms with Crippen molar-refractivity contribution >= 4 is 6.09 Å². The molecule has 0 saturated heterocycles. The third kappa shape index (κ3) is 4.63. The second-order valence-electron chi connectivity index (χ2n) is 4.98. The standard InChI is InChI=1S/C18H21NO2/c1-3-15-9-11-16(12-10-15)13-19-18(20)21-14(2)17-7-5-4-6-8-17/h4-12,14H,3,13H2,1-2H3,(H,19,20). The molecule has 0 bridgehead atoms. The molecular formula is C18H21NO2. The zero-order chi connectivity index (χ0) is 15.1. The molecule has 1 N–H and O–H groups in total. The van der Waals surface area contributed by atoms with Crippen LogP contribution < -0.4 is 5.32 Å². The maximum absolute atomic E-state index is 11.8. The van der Waals surface area contributed by atoms with Crippen LogP contribution in [0.1, 0.15) is 36.6 Å². The van der Waals surface area contributed by atoms with Gasteiger partial charge in [-0.05, 0) is 30.0 Å². The van der Waals surface area contributed by atoms with Crippen molar-refractivity contribution in [2.24, 2.45) is 0 Å². The van der Waals surface area contributed by atoms with Crippen LogP contribution >= 0.6 is 0 Å². The molecule has 2 aromatic rings. The van der Waals surface area contributed by atoms with Crippen molar-refractivity contribution in [3.05, 3.63) is 71.3 Å². The second kappa shape index (κ2) is 7.48. The largest absolute Gasteiger partial charge is 0.442 e. The highest BCUT2D eigenvalue weighted by molar-refractivity contribution is 5.67. The third-order valence-corrected chi connectivity index (χ3v) is 3.42. The monoisotopic (exact) mass is 283 g/mol. The van der Waals surface area contributed by atoms with Gasteiger partial charge < -0.3 is 10.1 Å². The number of amides is 1. The summed E-state index contributed by atoms with van der Waals surface area (Å²) in [4.78, 5) is 11.8. The van der Waals surface area contributed by atoms with E-state index in [0.717, 1.165) is 17.5 Å². The van der Waals surface area contributed by atoms with Gasteiger partial charge in [0.1, 0.15) is 6.10 Å². The number of alkyl carbamates (subject to hydrolysis) is 1. The summed E-state index contributed by atoms with van der Waals surface area (Å²) in [5.41, 5.74) is 3.34. The van der Waals surface area contributed by atoms with E-state index in [9.17, 15) is 4.79 Å². The number of benzene rings is 2. The molecule has 1 amide bonds. The molecular weight excluding hydrogens is 262 g/mol. The summed E-state index contributed by atoms with van der Waals surface area (Å²) in [7, 11) is 0. The van der Waals surface area contributed by atoms with Crippen molar-refractivity contribution in [2.75, 3.05) is 0 Å². The topological polar surface area (TPSA) is 38.3 Å². The van der Waals surface area contributed by atoms with Gasteiger partial charge in [0.05, 0.1) is 0 Å². The van der Waals surface area contributed by atoms with E-state index in [-0.39, 0.29) is 6.10 Å². The van der Waals surface area contributed by atoms with Crippen LogP contribution in [0, 0.1) is 0 Å². The number of hydrogen-bond acceptors (Lipinski definition) is 2. The molecule has 0 saturated carbocycles. The van der Waals surface area contributed by atoms with Gasteiger partial charge in [-0.15, -0.1) is 0 Å². The molecule has 0 aliphatic heterocycles. The molecule has 0 radical (unpaired) electrons. The van der Waals surface area contributed by atoms with Gasteiger partial charge >= 0.3 is 6.09 Å². The number of carbonyl (C=O) groups excluding carboxylic acids is 1. The van der Waals surface area contributed by atoms with Crippen LogP contribution in [-0.2, 0) is 17.7 Å². The highest BCUT2D eigenvalue weighted by Gasteiger charge is 2.10. The zero-order valence-corrected chi connectivity index (χ0v) is 12.5. The maximum atomic E-state index is 11.8. The lowest BCUT2D eigenvalue weighted by atomic mass is 10.1. The van der Waals surface area contributed by atoms with Gasteiger partial charge in [0.2, 0.25) is 0 Å². The Morgan fingerprint density at radius 1 is 1.05 bits per heavy atom. The first-order valence-corrected chi connectivity index (χ1v) is 7.26. The molecule has 0 fully saturated rings. The Labute approximate surface area is 126 Å². The van der Waals surface area contributed by atoms with Crippen LogP contribution in [0.3, 0.4) is 0 Å². The van der Waals surface area contributed by atoms with E-state index in [1.165, 1.54) is 5.56 Å². The Morgan fingerprint density at radius 3 is 2.29 bits per heavy atom. The maximum Gasteiger partial charge on any atom is 0.408 e. The van der Waals surface area contributed by atoms with Crippen molar-refractivity contribution in [1.29, 1.82) is 0 Å².